The molecule has 0 atom stereocenters. The number of carboxylic acid groups (broad SMARTS) is 1. The maximum Gasteiger partial charge on any atom is 0.342 e. The Morgan fingerprint density at radius 1 is 1.35 bits per heavy atom. The Balaban J connectivity index is 2.58. The minimum atomic E-state index is -1.30. The standard InChI is InChI=1S/C13H17FO3/c1-2-3-4-5-9-17-11-8-6-7-10(14)12(11)13(15)16/h6-8H,2-5,9H2,1H3,(H,15,16). The van der Waals surface area contributed by atoms with Crippen molar-refractivity contribution >= 4 is 5.97 Å². The van der Waals surface area contributed by atoms with Crippen LogP contribution in [-0.2, 0) is 0 Å². The first-order chi connectivity index (χ1) is 8.16. The van der Waals surface area contributed by atoms with Crippen molar-refractivity contribution in [1.29, 1.82) is 0 Å². The van der Waals surface area contributed by atoms with E-state index < -0.39 is 11.8 Å². The van der Waals surface area contributed by atoms with Crippen LogP contribution >= 0.6 is 0 Å². The topological polar surface area (TPSA) is 46.5 Å². The molecule has 4 heteroatoms. The molecular weight excluding hydrogens is 223 g/mol. The number of carboxylic acids is 1. The van der Waals surface area contributed by atoms with Crippen molar-refractivity contribution in [2.45, 2.75) is 32.6 Å². The molecule has 0 aliphatic heterocycles. The number of aromatic carboxylic acids is 1. The van der Waals surface area contributed by atoms with E-state index in [1.807, 2.05) is 0 Å². The van der Waals surface area contributed by atoms with Crippen LogP contribution in [0.4, 0.5) is 4.39 Å². The fourth-order valence-corrected chi connectivity index (χ4v) is 1.54. The lowest BCUT2D eigenvalue weighted by Gasteiger charge is -2.09. The molecule has 0 heterocycles. The third kappa shape index (κ3) is 4.06. The van der Waals surface area contributed by atoms with Gasteiger partial charge in [0, 0.05) is 0 Å². The summed E-state index contributed by atoms with van der Waals surface area (Å²) in [6, 6.07) is 4.04. The second-order valence-electron chi connectivity index (χ2n) is 3.83. The molecule has 94 valence electrons. The molecule has 0 fully saturated rings. The van der Waals surface area contributed by atoms with Gasteiger partial charge >= 0.3 is 5.97 Å². The Bertz CT molecular complexity index is 377. The maximum absolute atomic E-state index is 13.3. The summed E-state index contributed by atoms with van der Waals surface area (Å²) in [6.07, 6.45) is 4.14. The van der Waals surface area contributed by atoms with Crippen molar-refractivity contribution < 1.29 is 19.0 Å². The van der Waals surface area contributed by atoms with Gasteiger partial charge in [0.1, 0.15) is 17.1 Å². The van der Waals surface area contributed by atoms with Gasteiger partial charge in [0.15, 0.2) is 0 Å². The fraction of sp³-hybridized carbons (Fsp3) is 0.462. The molecule has 0 radical (unpaired) electrons. The van der Waals surface area contributed by atoms with Crippen molar-refractivity contribution in [3.63, 3.8) is 0 Å². The van der Waals surface area contributed by atoms with Crippen molar-refractivity contribution in [3.05, 3.63) is 29.6 Å². The van der Waals surface area contributed by atoms with Crippen LogP contribution in [0.3, 0.4) is 0 Å². The van der Waals surface area contributed by atoms with Gasteiger partial charge < -0.3 is 9.84 Å². The number of rotatable bonds is 7. The largest absolute Gasteiger partial charge is 0.493 e. The van der Waals surface area contributed by atoms with E-state index in [0.29, 0.717) is 6.61 Å². The lowest BCUT2D eigenvalue weighted by atomic mass is 10.2. The number of benzene rings is 1. The van der Waals surface area contributed by atoms with Gasteiger partial charge in [0.25, 0.3) is 0 Å². The molecular formula is C13H17FO3. The minimum absolute atomic E-state index is 0.106. The number of ether oxygens (including phenoxy) is 1. The molecule has 0 unspecified atom stereocenters. The Hall–Kier alpha value is -1.58. The Kier molecular flexibility index (Phi) is 5.46. The third-order valence-corrected chi connectivity index (χ3v) is 2.44. The normalized spacial score (nSPS) is 10.2. The van der Waals surface area contributed by atoms with Gasteiger partial charge in [-0.25, -0.2) is 9.18 Å². The van der Waals surface area contributed by atoms with Gasteiger partial charge in [0.2, 0.25) is 0 Å². The van der Waals surface area contributed by atoms with Gasteiger partial charge in [-0.3, -0.25) is 0 Å². The van der Waals surface area contributed by atoms with Crippen molar-refractivity contribution in [2.24, 2.45) is 0 Å². The highest BCUT2D eigenvalue weighted by Crippen LogP contribution is 2.21. The molecule has 1 rings (SSSR count). The second kappa shape index (κ2) is 6.89. The van der Waals surface area contributed by atoms with Gasteiger partial charge in [0.05, 0.1) is 6.61 Å². The number of unbranched alkanes of at least 4 members (excludes halogenated alkanes) is 3. The highest BCUT2D eigenvalue weighted by Gasteiger charge is 2.16. The monoisotopic (exact) mass is 240 g/mol. The zero-order chi connectivity index (χ0) is 12.7. The van der Waals surface area contributed by atoms with Crippen LogP contribution < -0.4 is 4.74 Å². The lowest BCUT2D eigenvalue weighted by molar-refractivity contribution is 0.0686. The van der Waals surface area contributed by atoms with Crippen LogP contribution in [0.1, 0.15) is 43.0 Å². The van der Waals surface area contributed by atoms with Crippen LogP contribution in [0.15, 0.2) is 18.2 Å². The smallest absolute Gasteiger partial charge is 0.342 e. The van der Waals surface area contributed by atoms with Crippen LogP contribution in [0.25, 0.3) is 0 Å². The molecule has 0 amide bonds. The molecule has 0 saturated carbocycles. The van der Waals surface area contributed by atoms with Gasteiger partial charge in [-0.1, -0.05) is 32.3 Å². The van der Waals surface area contributed by atoms with Gasteiger partial charge in [-0.05, 0) is 18.6 Å². The zero-order valence-electron chi connectivity index (χ0n) is 9.91. The van der Waals surface area contributed by atoms with Crippen LogP contribution in [0, 0.1) is 5.82 Å². The number of hydrogen-bond acceptors (Lipinski definition) is 2. The Labute approximate surface area is 100 Å². The summed E-state index contributed by atoms with van der Waals surface area (Å²) in [7, 11) is 0. The number of carbonyl (C=O) groups is 1. The quantitative estimate of drug-likeness (QED) is 0.742. The molecule has 0 aliphatic carbocycles. The first kappa shape index (κ1) is 13.5. The average Bonchev–Trinajstić information content (AvgIpc) is 2.28. The van der Waals surface area contributed by atoms with E-state index in [-0.39, 0.29) is 11.3 Å². The summed E-state index contributed by atoms with van der Waals surface area (Å²) in [5, 5.41) is 8.87. The average molecular weight is 240 g/mol. The Morgan fingerprint density at radius 3 is 2.76 bits per heavy atom. The molecule has 3 nitrogen and oxygen atoms in total. The van der Waals surface area contributed by atoms with E-state index in [9.17, 15) is 9.18 Å². The molecule has 1 aromatic carbocycles. The van der Waals surface area contributed by atoms with Crippen LogP contribution in [0.5, 0.6) is 5.75 Å². The lowest BCUT2D eigenvalue weighted by Crippen LogP contribution is -2.06. The van der Waals surface area contributed by atoms with E-state index in [1.54, 1.807) is 0 Å². The maximum atomic E-state index is 13.3. The predicted molar refractivity (Wildman–Crippen MR) is 63.0 cm³/mol. The predicted octanol–water partition coefficient (Wildman–Crippen LogP) is 3.48. The fourth-order valence-electron chi connectivity index (χ4n) is 1.54. The Morgan fingerprint density at radius 2 is 2.12 bits per heavy atom. The molecule has 0 bridgehead atoms. The van der Waals surface area contributed by atoms with E-state index >= 15 is 0 Å². The zero-order valence-corrected chi connectivity index (χ0v) is 9.91. The summed E-state index contributed by atoms with van der Waals surface area (Å²) < 4.78 is 18.6. The summed E-state index contributed by atoms with van der Waals surface area (Å²) in [4.78, 5) is 10.9. The van der Waals surface area contributed by atoms with Gasteiger partial charge in [-0.2, -0.15) is 0 Å². The van der Waals surface area contributed by atoms with E-state index in [2.05, 4.69) is 6.92 Å². The number of halogens is 1. The van der Waals surface area contributed by atoms with Crippen molar-refractivity contribution in [3.8, 4) is 5.75 Å². The van der Waals surface area contributed by atoms with E-state index in [4.69, 9.17) is 9.84 Å². The molecule has 17 heavy (non-hydrogen) atoms. The summed E-state index contributed by atoms with van der Waals surface area (Å²) in [5.74, 6) is -1.95. The van der Waals surface area contributed by atoms with E-state index in [0.717, 1.165) is 31.7 Å². The van der Waals surface area contributed by atoms with Crippen LogP contribution in [0.2, 0.25) is 0 Å². The number of hydrogen-bond donors (Lipinski definition) is 1. The highest BCUT2D eigenvalue weighted by molar-refractivity contribution is 5.91. The molecule has 0 aliphatic rings. The molecule has 0 saturated heterocycles. The van der Waals surface area contributed by atoms with E-state index in [1.165, 1.54) is 12.1 Å². The first-order valence-electron chi connectivity index (χ1n) is 5.81. The first-order valence-corrected chi connectivity index (χ1v) is 5.81. The summed E-state index contributed by atoms with van der Waals surface area (Å²) >= 11 is 0. The SMILES string of the molecule is CCCCCCOc1cccc(F)c1C(=O)O. The molecule has 1 aromatic rings. The van der Waals surface area contributed by atoms with Crippen molar-refractivity contribution in [1.82, 2.24) is 0 Å². The summed E-state index contributed by atoms with van der Waals surface area (Å²) in [5.41, 5.74) is -0.386. The highest BCUT2D eigenvalue weighted by atomic mass is 19.1. The molecule has 0 spiro atoms. The minimum Gasteiger partial charge on any atom is -0.493 e. The van der Waals surface area contributed by atoms with Gasteiger partial charge in [-0.15, -0.1) is 0 Å². The second-order valence-corrected chi connectivity index (χ2v) is 3.83. The third-order valence-electron chi connectivity index (χ3n) is 2.44. The van der Waals surface area contributed by atoms with Crippen LogP contribution in [-0.4, -0.2) is 17.7 Å². The summed E-state index contributed by atoms with van der Waals surface area (Å²) in [6.45, 7) is 2.53. The van der Waals surface area contributed by atoms with Crippen molar-refractivity contribution in [2.75, 3.05) is 6.61 Å². The molecule has 1 N–H and O–H groups in total. The molecule has 0 aromatic heterocycles.